The van der Waals surface area contributed by atoms with E-state index in [0.717, 1.165) is 12.8 Å². The average Bonchev–Trinajstić information content (AvgIpc) is 2.30. The van der Waals surface area contributed by atoms with E-state index in [1.807, 2.05) is 17.8 Å². The Morgan fingerprint density at radius 2 is 1.62 bits per heavy atom. The summed E-state index contributed by atoms with van der Waals surface area (Å²) in [6.07, 6.45) is 7.09. The van der Waals surface area contributed by atoms with Crippen LogP contribution in [0.3, 0.4) is 0 Å². The fraction of sp³-hybridized carbons (Fsp3) is 0.571. The summed E-state index contributed by atoms with van der Waals surface area (Å²) in [6, 6.07) is 10.4. The topological polar surface area (TPSA) is 20.2 Å². The van der Waals surface area contributed by atoms with E-state index in [1.54, 1.807) is 0 Å². The van der Waals surface area contributed by atoms with Gasteiger partial charge in [-0.05, 0) is 25.0 Å². The van der Waals surface area contributed by atoms with Gasteiger partial charge in [0.2, 0.25) is 0 Å². The fourth-order valence-electron chi connectivity index (χ4n) is 2.24. The maximum absolute atomic E-state index is 10.1. The molecule has 0 spiro atoms. The van der Waals surface area contributed by atoms with Crippen molar-refractivity contribution < 1.29 is 5.11 Å². The average molecular weight is 236 g/mol. The maximum Gasteiger partial charge on any atom is 0.0662 e. The monoisotopic (exact) mass is 236 g/mol. The molecule has 16 heavy (non-hydrogen) atoms. The molecule has 0 unspecified atom stereocenters. The van der Waals surface area contributed by atoms with Crippen LogP contribution in [0.4, 0.5) is 0 Å². The van der Waals surface area contributed by atoms with Gasteiger partial charge >= 0.3 is 0 Å². The van der Waals surface area contributed by atoms with Crippen molar-refractivity contribution in [2.24, 2.45) is 0 Å². The molecule has 2 rings (SSSR count). The van der Waals surface area contributed by atoms with Crippen LogP contribution < -0.4 is 0 Å². The molecule has 1 fully saturated rings. The Labute approximate surface area is 102 Å². The van der Waals surface area contributed by atoms with Crippen molar-refractivity contribution in [3.05, 3.63) is 30.3 Å². The Kier molecular flexibility index (Phi) is 4.73. The molecular weight excluding hydrogens is 216 g/mol. The Bertz CT molecular complexity index is 299. The van der Waals surface area contributed by atoms with Gasteiger partial charge in [-0.1, -0.05) is 43.9 Å². The highest BCUT2D eigenvalue weighted by Crippen LogP contribution is 2.32. The Morgan fingerprint density at radius 3 is 2.38 bits per heavy atom. The highest BCUT2D eigenvalue weighted by atomic mass is 32.2. The molecule has 2 atom stereocenters. The third kappa shape index (κ3) is 3.53. The molecule has 0 heterocycles. The number of rotatable bonds is 2. The SMILES string of the molecule is O[C@@H]1CCCCCC[C@H]1Sc1ccccc1. The molecule has 1 N–H and O–H groups in total. The number of aliphatic hydroxyl groups is 1. The van der Waals surface area contributed by atoms with Crippen molar-refractivity contribution in [1.82, 2.24) is 0 Å². The lowest BCUT2D eigenvalue weighted by Gasteiger charge is -2.24. The van der Waals surface area contributed by atoms with E-state index in [9.17, 15) is 5.11 Å². The molecule has 0 amide bonds. The van der Waals surface area contributed by atoms with E-state index < -0.39 is 0 Å². The minimum atomic E-state index is -0.120. The van der Waals surface area contributed by atoms with Crippen LogP contribution in [0.5, 0.6) is 0 Å². The van der Waals surface area contributed by atoms with E-state index in [2.05, 4.69) is 24.3 Å². The highest BCUT2D eigenvalue weighted by molar-refractivity contribution is 8.00. The first-order valence-electron chi connectivity index (χ1n) is 6.26. The Morgan fingerprint density at radius 1 is 0.938 bits per heavy atom. The molecule has 1 aliphatic rings. The summed E-state index contributed by atoms with van der Waals surface area (Å²) in [5.74, 6) is 0. The lowest BCUT2D eigenvalue weighted by atomic mass is 9.98. The van der Waals surface area contributed by atoms with Gasteiger partial charge in [0.1, 0.15) is 0 Å². The van der Waals surface area contributed by atoms with Crippen LogP contribution in [0.1, 0.15) is 38.5 Å². The summed E-state index contributed by atoms with van der Waals surface area (Å²) in [7, 11) is 0. The van der Waals surface area contributed by atoms with Crippen molar-refractivity contribution in [2.45, 2.75) is 54.8 Å². The molecule has 1 aromatic carbocycles. The van der Waals surface area contributed by atoms with Crippen molar-refractivity contribution >= 4 is 11.8 Å². The zero-order chi connectivity index (χ0) is 11.2. The molecule has 0 radical (unpaired) electrons. The molecule has 1 saturated carbocycles. The second kappa shape index (κ2) is 6.31. The largest absolute Gasteiger partial charge is 0.392 e. The standard InChI is InChI=1S/C14H20OS/c15-13-10-6-1-2-7-11-14(13)16-12-8-4-3-5-9-12/h3-5,8-9,13-15H,1-2,6-7,10-11H2/t13-,14-/m1/s1. The summed E-state index contributed by atoms with van der Waals surface area (Å²) in [5.41, 5.74) is 0. The molecule has 0 aromatic heterocycles. The lowest BCUT2D eigenvalue weighted by Crippen LogP contribution is -2.24. The molecular formula is C14H20OS. The van der Waals surface area contributed by atoms with Gasteiger partial charge in [0.15, 0.2) is 0 Å². The van der Waals surface area contributed by atoms with Crippen LogP contribution >= 0.6 is 11.8 Å². The summed E-state index contributed by atoms with van der Waals surface area (Å²) in [5, 5.41) is 10.5. The Balaban J connectivity index is 1.95. The van der Waals surface area contributed by atoms with Crippen LogP contribution in [0.25, 0.3) is 0 Å². The molecule has 1 aromatic rings. The zero-order valence-corrected chi connectivity index (χ0v) is 10.5. The van der Waals surface area contributed by atoms with Gasteiger partial charge in [-0.2, -0.15) is 0 Å². The normalized spacial score (nSPS) is 27.1. The van der Waals surface area contributed by atoms with Gasteiger partial charge in [-0.3, -0.25) is 0 Å². The zero-order valence-electron chi connectivity index (χ0n) is 9.64. The van der Waals surface area contributed by atoms with Crippen LogP contribution in [0.2, 0.25) is 0 Å². The van der Waals surface area contributed by atoms with Gasteiger partial charge in [0, 0.05) is 10.1 Å². The van der Waals surface area contributed by atoms with Crippen LogP contribution in [0.15, 0.2) is 35.2 Å². The quantitative estimate of drug-likeness (QED) is 0.841. The van der Waals surface area contributed by atoms with E-state index >= 15 is 0 Å². The molecule has 1 nitrogen and oxygen atoms in total. The van der Waals surface area contributed by atoms with Crippen LogP contribution in [-0.2, 0) is 0 Å². The smallest absolute Gasteiger partial charge is 0.0662 e. The molecule has 0 aliphatic heterocycles. The molecule has 1 aliphatic carbocycles. The predicted octanol–water partition coefficient (Wildman–Crippen LogP) is 3.86. The summed E-state index contributed by atoms with van der Waals surface area (Å²) < 4.78 is 0. The van der Waals surface area contributed by atoms with E-state index in [-0.39, 0.29) is 6.10 Å². The second-order valence-corrected chi connectivity index (χ2v) is 5.84. The minimum Gasteiger partial charge on any atom is -0.392 e. The summed E-state index contributed by atoms with van der Waals surface area (Å²) in [6.45, 7) is 0. The maximum atomic E-state index is 10.1. The third-order valence-corrected chi connectivity index (χ3v) is 4.60. The fourth-order valence-corrected chi connectivity index (χ4v) is 3.48. The second-order valence-electron chi connectivity index (χ2n) is 4.53. The van der Waals surface area contributed by atoms with Gasteiger partial charge < -0.3 is 5.11 Å². The van der Waals surface area contributed by atoms with Crippen molar-refractivity contribution in [2.75, 3.05) is 0 Å². The van der Waals surface area contributed by atoms with Crippen LogP contribution in [0, 0.1) is 0 Å². The predicted molar refractivity (Wildman–Crippen MR) is 69.8 cm³/mol. The number of hydrogen-bond donors (Lipinski definition) is 1. The number of aliphatic hydroxyl groups excluding tert-OH is 1. The number of hydrogen-bond acceptors (Lipinski definition) is 2. The summed E-state index contributed by atoms with van der Waals surface area (Å²) >= 11 is 1.85. The van der Waals surface area contributed by atoms with Gasteiger partial charge in [0.25, 0.3) is 0 Å². The Hall–Kier alpha value is -0.470. The third-order valence-electron chi connectivity index (χ3n) is 3.20. The van der Waals surface area contributed by atoms with Gasteiger partial charge in [-0.25, -0.2) is 0 Å². The van der Waals surface area contributed by atoms with Crippen LogP contribution in [-0.4, -0.2) is 16.5 Å². The molecule has 0 saturated heterocycles. The number of benzene rings is 1. The van der Waals surface area contributed by atoms with Crippen molar-refractivity contribution in [1.29, 1.82) is 0 Å². The molecule has 0 bridgehead atoms. The minimum absolute atomic E-state index is 0.120. The van der Waals surface area contributed by atoms with Gasteiger partial charge in [0.05, 0.1) is 6.10 Å². The molecule has 2 heteroatoms. The lowest BCUT2D eigenvalue weighted by molar-refractivity contribution is 0.148. The van der Waals surface area contributed by atoms with Crippen molar-refractivity contribution in [3.8, 4) is 0 Å². The van der Waals surface area contributed by atoms with Gasteiger partial charge in [-0.15, -0.1) is 11.8 Å². The van der Waals surface area contributed by atoms with E-state index in [0.29, 0.717) is 5.25 Å². The summed E-state index contributed by atoms with van der Waals surface area (Å²) in [4.78, 5) is 1.28. The van der Waals surface area contributed by atoms with E-state index in [4.69, 9.17) is 0 Å². The van der Waals surface area contributed by atoms with Crippen molar-refractivity contribution in [3.63, 3.8) is 0 Å². The first-order valence-corrected chi connectivity index (χ1v) is 7.14. The van der Waals surface area contributed by atoms with E-state index in [1.165, 1.54) is 30.6 Å². The first-order chi connectivity index (χ1) is 7.86. The highest BCUT2D eigenvalue weighted by Gasteiger charge is 2.21. The number of thioether (sulfide) groups is 1. The molecule has 88 valence electrons. The first kappa shape index (κ1) is 12.0.